The van der Waals surface area contributed by atoms with Gasteiger partial charge in [-0.25, -0.2) is 14.2 Å². The molecule has 6 heteroatoms. The molecule has 0 bridgehead atoms. The average molecular weight is 408 g/mol. The Balaban J connectivity index is 1.58. The van der Waals surface area contributed by atoms with E-state index in [1.165, 1.54) is 0 Å². The van der Waals surface area contributed by atoms with Crippen LogP contribution >= 0.6 is 0 Å². The minimum atomic E-state index is -1.18. The number of Topliss-reactive ketones (excluding diaryl/α,β-unsaturated/α-hetero) is 1. The normalized spacial score (nSPS) is 22.4. The largest absolute Gasteiger partial charge is 0.478 e. The number of halogens is 1. The molecule has 1 N–H and O–H groups in total. The summed E-state index contributed by atoms with van der Waals surface area (Å²) in [6.07, 6.45) is 5.74. The van der Waals surface area contributed by atoms with Crippen molar-refractivity contribution < 1.29 is 19.1 Å². The van der Waals surface area contributed by atoms with Gasteiger partial charge in [-0.2, -0.15) is 0 Å². The van der Waals surface area contributed by atoms with Crippen molar-refractivity contribution in [2.45, 2.75) is 51.1 Å². The molecule has 1 heterocycles. The lowest BCUT2D eigenvalue weighted by Gasteiger charge is -2.26. The van der Waals surface area contributed by atoms with Crippen LogP contribution in [0.2, 0.25) is 0 Å². The number of fused-ring (bicyclic) bond motifs is 1. The van der Waals surface area contributed by atoms with Crippen LogP contribution in [0.4, 0.5) is 4.39 Å². The van der Waals surface area contributed by atoms with Gasteiger partial charge in [-0.05, 0) is 75.1 Å². The van der Waals surface area contributed by atoms with E-state index in [-0.39, 0.29) is 17.3 Å². The molecule has 0 radical (unpaired) electrons. The standard InChI is InChI=1S/C24H25FN2O3/c1-24(25)12-3-2-4-16(11-13-24)22(28)18-7-10-21-20(14-18)26-15-27(21)19-8-5-17(6-9-19)23(29)30/h5-10,14-16H,2-4,11-13H2,1H3,(H,29,30)/t16-,24?/m1/s1. The first-order chi connectivity index (χ1) is 14.3. The van der Waals surface area contributed by atoms with Crippen LogP contribution in [-0.4, -0.2) is 32.1 Å². The van der Waals surface area contributed by atoms with Crippen LogP contribution in [0.3, 0.4) is 0 Å². The Hall–Kier alpha value is -3.02. The summed E-state index contributed by atoms with van der Waals surface area (Å²) in [5.41, 5.74) is 1.98. The van der Waals surface area contributed by atoms with Crippen LogP contribution < -0.4 is 0 Å². The van der Waals surface area contributed by atoms with E-state index in [2.05, 4.69) is 4.98 Å². The van der Waals surface area contributed by atoms with Crippen molar-refractivity contribution in [3.8, 4) is 5.69 Å². The highest BCUT2D eigenvalue weighted by Gasteiger charge is 2.30. The number of hydrogen-bond donors (Lipinski definition) is 1. The molecule has 156 valence electrons. The highest BCUT2D eigenvalue weighted by molar-refractivity contribution is 6.00. The number of benzene rings is 2. The minimum Gasteiger partial charge on any atom is -0.478 e. The third-order valence-corrected chi connectivity index (χ3v) is 6.11. The molecule has 1 aromatic heterocycles. The number of aromatic carboxylic acids is 1. The van der Waals surface area contributed by atoms with Gasteiger partial charge in [-0.15, -0.1) is 0 Å². The van der Waals surface area contributed by atoms with Gasteiger partial charge in [-0.1, -0.05) is 12.8 Å². The van der Waals surface area contributed by atoms with Crippen molar-refractivity contribution in [3.05, 3.63) is 59.9 Å². The Morgan fingerprint density at radius 2 is 1.80 bits per heavy atom. The van der Waals surface area contributed by atoms with Gasteiger partial charge in [0.25, 0.3) is 0 Å². The Labute approximate surface area is 174 Å². The predicted octanol–water partition coefficient (Wildman–Crippen LogP) is 5.61. The Kier molecular flexibility index (Phi) is 5.41. The maximum Gasteiger partial charge on any atom is 0.335 e. The molecule has 1 fully saturated rings. The van der Waals surface area contributed by atoms with Gasteiger partial charge in [0.2, 0.25) is 0 Å². The lowest BCUT2D eigenvalue weighted by atomic mass is 9.81. The summed E-state index contributed by atoms with van der Waals surface area (Å²) in [5, 5.41) is 9.06. The van der Waals surface area contributed by atoms with Crippen molar-refractivity contribution in [2.24, 2.45) is 5.92 Å². The number of carbonyl (C=O) groups is 2. The Bertz CT molecular complexity index is 1090. The van der Waals surface area contributed by atoms with E-state index >= 15 is 0 Å². The van der Waals surface area contributed by atoms with Gasteiger partial charge in [0.05, 0.1) is 16.6 Å². The van der Waals surface area contributed by atoms with Crippen molar-refractivity contribution >= 4 is 22.8 Å². The summed E-state index contributed by atoms with van der Waals surface area (Å²) in [5.74, 6) is -1.05. The molecule has 0 spiro atoms. The zero-order chi connectivity index (χ0) is 21.3. The molecule has 0 aliphatic heterocycles. The monoisotopic (exact) mass is 408 g/mol. The number of rotatable bonds is 4. The molecule has 0 saturated heterocycles. The van der Waals surface area contributed by atoms with Gasteiger partial charge < -0.3 is 5.11 Å². The fraction of sp³-hybridized carbons (Fsp3) is 0.375. The van der Waals surface area contributed by atoms with E-state index in [0.717, 1.165) is 30.5 Å². The summed E-state index contributed by atoms with van der Waals surface area (Å²) in [4.78, 5) is 28.6. The maximum atomic E-state index is 14.4. The van der Waals surface area contributed by atoms with E-state index in [1.807, 2.05) is 16.7 Å². The molecular weight excluding hydrogens is 383 g/mol. The highest BCUT2D eigenvalue weighted by atomic mass is 19.1. The van der Waals surface area contributed by atoms with Crippen molar-refractivity contribution in [2.75, 3.05) is 0 Å². The van der Waals surface area contributed by atoms with Gasteiger partial charge >= 0.3 is 5.97 Å². The average Bonchev–Trinajstić information content (AvgIpc) is 3.14. The molecule has 30 heavy (non-hydrogen) atoms. The fourth-order valence-corrected chi connectivity index (χ4v) is 4.26. The van der Waals surface area contributed by atoms with E-state index in [4.69, 9.17) is 5.11 Å². The Morgan fingerprint density at radius 3 is 2.53 bits per heavy atom. The highest BCUT2D eigenvalue weighted by Crippen LogP contribution is 2.33. The predicted molar refractivity (Wildman–Crippen MR) is 113 cm³/mol. The SMILES string of the molecule is CC1(F)CCCC[C@@H](C(=O)c2ccc3c(c2)ncn3-c2ccc(C(=O)O)cc2)CC1. The molecule has 5 nitrogen and oxygen atoms in total. The van der Waals surface area contributed by atoms with Crippen molar-refractivity contribution in [1.82, 2.24) is 9.55 Å². The third kappa shape index (κ3) is 4.13. The number of ketones is 1. The lowest BCUT2D eigenvalue weighted by Crippen LogP contribution is -2.25. The molecular formula is C24H25FN2O3. The zero-order valence-corrected chi connectivity index (χ0v) is 17.0. The second kappa shape index (κ2) is 8.01. The second-order valence-corrected chi connectivity index (χ2v) is 8.43. The molecule has 1 unspecified atom stereocenters. The summed E-state index contributed by atoms with van der Waals surface area (Å²) in [7, 11) is 0. The Morgan fingerprint density at radius 1 is 1.07 bits per heavy atom. The van der Waals surface area contributed by atoms with Crippen LogP contribution in [0.25, 0.3) is 16.7 Å². The number of carboxylic acid groups (broad SMARTS) is 1. The zero-order valence-electron chi connectivity index (χ0n) is 17.0. The smallest absolute Gasteiger partial charge is 0.335 e. The molecule has 1 aliphatic rings. The van der Waals surface area contributed by atoms with Gasteiger partial charge in [-0.3, -0.25) is 9.36 Å². The van der Waals surface area contributed by atoms with Crippen molar-refractivity contribution in [1.29, 1.82) is 0 Å². The van der Waals surface area contributed by atoms with Crippen LogP contribution in [-0.2, 0) is 0 Å². The van der Waals surface area contributed by atoms with Crippen LogP contribution in [0.15, 0.2) is 48.8 Å². The van der Waals surface area contributed by atoms with Crippen molar-refractivity contribution in [3.63, 3.8) is 0 Å². The minimum absolute atomic E-state index is 0.0648. The fourth-order valence-electron chi connectivity index (χ4n) is 4.26. The first kappa shape index (κ1) is 20.3. The van der Waals surface area contributed by atoms with E-state index in [9.17, 15) is 14.0 Å². The van der Waals surface area contributed by atoms with E-state index in [1.54, 1.807) is 43.6 Å². The first-order valence-corrected chi connectivity index (χ1v) is 10.4. The molecule has 1 aliphatic carbocycles. The van der Waals surface area contributed by atoms with Crippen LogP contribution in [0.5, 0.6) is 0 Å². The van der Waals surface area contributed by atoms with Gasteiger partial charge in [0.15, 0.2) is 5.78 Å². The summed E-state index contributed by atoms with van der Waals surface area (Å²) in [6, 6.07) is 12.0. The first-order valence-electron chi connectivity index (χ1n) is 10.4. The summed E-state index contributed by atoms with van der Waals surface area (Å²) >= 11 is 0. The topological polar surface area (TPSA) is 72.2 Å². The molecule has 3 aromatic rings. The van der Waals surface area contributed by atoms with E-state index in [0.29, 0.717) is 30.3 Å². The maximum absolute atomic E-state index is 14.4. The molecule has 0 amide bonds. The van der Waals surface area contributed by atoms with Gasteiger partial charge in [0, 0.05) is 17.2 Å². The molecule has 1 saturated carbocycles. The van der Waals surface area contributed by atoms with E-state index < -0.39 is 11.6 Å². The number of imidazole rings is 1. The molecule has 2 atom stereocenters. The number of nitrogens with zero attached hydrogens (tertiary/aromatic N) is 2. The quantitative estimate of drug-likeness (QED) is 0.570. The number of carbonyl (C=O) groups excluding carboxylic acids is 1. The van der Waals surface area contributed by atoms with Crippen LogP contribution in [0, 0.1) is 5.92 Å². The number of alkyl halides is 1. The molecule has 4 rings (SSSR count). The lowest BCUT2D eigenvalue weighted by molar-refractivity contribution is 0.0696. The van der Waals surface area contributed by atoms with Gasteiger partial charge in [0.1, 0.15) is 12.0 Å². The summed E-state index contributed by atoms with van der Waals surface area (Å²) < 4.78 is 16.3. The summed E-state index contributed by atoms with van der Waals surface area (Å²) in [6.45, 7) is 1.64. The third-order valence-electron chi connectivity index (χ3n) is 6.11. The number of aromatic nitrogens is 2. The number of hydrogen-bond acceptors (Lipinski definition) is 3. The van der Waals surface area contributed by atoms with Crippen LogP contribution in [0.1, 0.15) is 66.2 Å². The molecule has 2 aromatic carbocycles. The number of carboxylic acids is 1. The second-order valence-electron chi connectivity index (χ2n) is 8.43.